The molecule has 0 atom stereocenters. The van der Waals surface area contributed by atoms with E-state index in [-0.39, 0.29) is 5.91 Å². The van der Waals surface area contributed by atoms with Crippen molar-refractivity contribution in [1.82, 2.24) is 15.5 Å². The van der Waals surface area contributed by atoms with Gasteiger partial charge < -0.3 is 20.3 Å². The SMILES string of the molecule is CCNC(=NCCCC(=O)N1CCc2ccccc2C1)NCCc1ccc(C)c(OC)c1. The first-order valence-electron chi connectivity index (χ1n) is 11.6. The van der Waals surface area contributed by atoms with Crippen molar-refractivity contribution in [3.05, 3.63) is 64.7 Å². The van der Waals surface area contributed by atoms with Crippen molar-refractivity contribution in [2.45, 2.75) is 46.1 Å². The van der Waals surface area contributed by atoms with Gasteiger partial charge in [0.15, 0.2) is 5.96 Å². The quantitative estimate of drug-likeness (QED) is 0.359. The minimum Gasteiger partial charge on any atom is -0.496 e. The number of nitrogens with one attached hydrogen (secondary N) is 2. The third kappa shape index (κ3) is 6.74. The second-order valence-corrected chi connectivity index (χ2v) is 8.18. The van der Waals surface area contributed by atoms with Gasteiger partial charge in [0.1, 0.15) is 5.75 Å². The van der Waals surface area contributed by atoms with E-state index in [9.17, 15) is 4.79 Å². The molecule has 6 heteroatoms. The average Bonchev–Trinajstić information content (AvgIpc) is 2.82. The fourth-order valence-corrected chi connectivity index (χ4v) is 3.97. The molecule has 0 radical (unpaired) electrons. The van der Waals surface area contributed by atoms with Crippen LogP contribution in [0.5, 0.6) is 5.75 Å². The first kappa shape index (κ1) is 23.6. The zero-order valence-electron chi connectivity index (χ0n) is 19.6. The van der Waals surface area contributed by atoms with Crippen LogP contribution in [0.1, 0.15) is 42.0 Å². The number of aryl methyl sites for hydroxylation is 1. The van der Waals surface area contributed by atoms with Crippen LogP contribution in [-0.4, -0.2) is 50.1 Å². The monoisotopic (exact) mass is 436 g/mol. The predicted molar refractivity (Wildman–Crippen MR) is 130 cm³/mol. The Morgan fingerprint density at radius 3 is 2.75 bits per heavy atom. The lowest BCUT2D eigenvalue weighted by molar-refractivity contribution is -0.132. The highest BCUT2D eigenvalue weighted by Gasteiger charge is 2.19. The normalized spacial score (nSPS) is 13.5. The molecule has 1 aliphatic rings. The number of guanidine groups is 1. The number of nitrogens with zero attached hydrogens (tertiary/aromatic N) is 2. The van der Waals surface area contributed by atoms with Crippen LogP contribution in [0.25, 0.3) is 0 Å². The van der Waals surface area contributed by atoms with Crippen LogP contribution >= 0.6 is 0 Å². The van der Waals surface area contributed by atoms with Gasteiger partial charge in [-0.25, -0.2) is 0 Å². The zero-order chi connectivity index (χ0) is 22.8. The van der Waals surface area contributed by atoms with Gasteiger partial charge in [-0.05, 0) is 61.4 Å². The van der Waals surface area contributed by atoms with Crippen LogP contribution in [0, 0.1) is 6.92 Å². The molecule has 3 rings (SSSR count). The molecule has 0 unspecified atom stereocenters. The Morgan fingerprint density at radius 2 is 1.97 bits per heavy atom. The highest BCUT2D eigenvalue weighted by atomic mass is 16.5. The highest BCUT2D eigenvalue weighted by Crippen LogP contribution is 2.20. The molecule has 0 saturated heterocycles. The first-order valence-corrected chi connectivity index (χ1v) is 11.6. The number of benzene rings is 2. The molecule has 0 aliphatic carbocycles. The molecule has 1 amide bonds. The van der Waals surface area contributed by atoms with Crippen LogP contribution in [0.15, 0.2) is 47.5 Å². The number of carbonyl (C=O) groups excluding carboxylic acids is 1. The Balaban J connectivity index is 1.41. The lowest BCUT2D eigenvalue weighted by Crippen LogP contribution is -2.38. The van der Waals surface area contributed by atoms with Crippen molar-refractivity contribution < 1.29 is 9.53 Å². The number of fused-ring (bicyclic) bond motifs is 1. The second kappa shape index (κ2) is 12.1. The molecule has 2 aromatic rings. The smallest absolute Gasteiger partial charge is 0.222 e. The highest BCUT2D eigenvalue weighted by molar-refractivity contribution is 5.80. The van der Waals surface area contributed by atoms with Gasteiger partial charge in [-0.3, -0.25) is 9.79 Å². The molecule has 0 spiro atoms. The number of ether oxygens (including phenoxy) is 1. The van der Waals surface area contributed by atoms with E-state index in [0.717, 1.165) is 62.7 Å². The van der Waals surface area contributed by atoms with Crippen LogP contribution < -0.4 is 15.4 Å². The van der Waals surface area contributed by atoms with Gasteiger partial charge in [0.25, 0.3) is 0 Å². The maximum Gasteiger partial charge on any atom is 0.222 e. The van der Waals surface area contributed by atoms with Crippen molar-refractivity contribution in [3.8, 4) is 5.75 Å². The minimum absolute atomic E-state index is 0.223. The Kier molecular flexibility index (Phi) is 8.96. The third-order valence-corrected chi connectivity index (χ3v) is 5.82. The lowest BCUT2D eigenvalue weighted by Gasteiger charge is -2.28. The number of amides is 1. The van der Waals surface area contributed by atoms with E-state index in [1.54, 1.807) is 7.11 Å². The number of hydrogen-bond acceptors (Lipinski definition) is 3. The largest absolute Gasteiger partial charge is 0.496 e. The molecule has 0 aromatic heterocycles. The van der Waals surface area contributed by atoms with E-state index in [0.29, 0.717) is 13.0 Å². The minimum atomic E-state index is 0.223. The van der Waals surface area contributed by atoms with Gasteiger partial charge in [0.05, 0.1) is 7.11 Å². The number of aliphatic imine (C=N–C) groups is 1. The topological polar surface area (TPSA) is 66.0 Å². The Labute approximate surface area is 192 Å². The molecule has 32 heavy (non-hydrogen) atoms. The van der Waals surface area contributed by atoms with Crippen LogP contribution in [0.4, 0.5) is 0 Å². The van der Waals surface area contributed by atoms with Gasteiger partial charge in [0.2, 0.25) is 5.91 Å². The van der Waals surface area contributed by atoms with Crippen LogP contribution in [-0.2, 0) is 24.2 Å². The number of carbonyl (C=O) groups is 1. The van der Waals surface area contributed by atoms with Crippen LogP contribution in [0.3, 0.4) is 0 Å². The molecule has 0 fully saturated rings. The van der Waals surface area contributed by atoms with Crippen molar-refractivity contribution in [2.24, 2.45) is 4.99 Å². The molecular weight excluding hydrogens is 400 g/mol. The van der Waals surface area contributed by atoms with Gasteiger partial charge in [-0.1, -0.05) is 36.4 Å². The second-order valence-electron chi connectivity index (χ2n) is 8.18. The number of hydrogen-bond donors (Lipinski definition) is 2. The standard InChI is InChI=1S/C26H36N4O2/c1-4-27-26(29-16-13-21-12-11-20(2)24(18-21)32-3)28-15-7-10-25(31)30-17-14-22-8-5-6-9-23(22)19-30/h5-6,8-9,11-12,18H,4,7,10,13-17,19H2,1-3H3,(H2,27,28,29). The molecule has 2 aromatic carbocycles. The van der Waals surface area contributed by atoms with Crippen LogP contribution in [0.2, 0.25) is 0 Å². The molecule has 1 heterocycles. The van der Waals surface area contributed by atoms with Crippen molar-refractivity contribution >= 4 is 11.9 Å². The predicted octanol–water partition coefficient (Wildman–Crippen LogP) is 3.47. The average molecular weight is 437 g/mol. The molecule has 1 aliphatic heterocycles. The molecule has 172 valence electrons. The third-order valence-electron chi connectivity index (χ3n) is 5.82. The van der Waals surface area contributed by atoms with Crippen molar-refractivity contribution in [2.75, 3.05) is 33.3 Å². The fraction of sp³-hybridized carbons (Fsp3) is 0.462. The summed E-state index contributed by atoms with van der Waals surface area (Å²) in [5, 5.41) is 6.67. The molecule has 2 N–H and O–H groups in total. The summed E-state index contributed by atoms with van der Waals surface area (Å²) in [5.74, 6) is 1.94. The summed E-state index contributed by atoms with van der Waals surface area (Å²) in [6, 6.07) is 14.7. The number of methoxy groups -OCH3 is 1. The van der Waals surface area contributed by atoms with Gasteiger partial charge in [-0.2, -0.15) is 0 Å². The molecular formula is C26H36N4O2. The zero-order valence-corrected chi connectivity index (χ0v) is 19.6. The van der Waals surface area contributed by atoms with Crippen molar-refractivity contribution in [1.29, 1.82) is 0 Å². The van der Waals surface area contributed by atoms with E-state index in [1.165, 1.54) is 16.7 Å². The summed E-state index contributed by atoms with van der Waals surface area (Å²) in [5.41, 5.74) is 5.01. The Bertz CT molecular complexity index is 926. The Hall–Kier alpha value is -3.02. The number of rotatable bonds is 9. The maximum absolute atomic E-state index is 12.6. The summed E-state index contributed by atoms with van der Waals surface area (Å²) >= 11 is 0. The molecule has 0 saturated carbocycles. The van der Waals surface area contributed by atoms with E-state index in [2.05, 4.69) is 58.9 Å². The summed E-state index contributed by atoms with van der Waals surface area (Å²) in [4.78, 5) is 19.2. The maximum atomic E-state index is 12.6. The van der Waals surface area contributed by atoms with E-state index >= 15 is 0 Å². The summed E-state index contributed by atoms with van der Waals surface area (Å²) in [6.45, 7) is 7.86. The molecule has 6 nitrogen and oxygen atoms in total. The molecule has 0 bridgehead atoms. The van der Waals surface area contributed by atoms with E-state index < -0.39 is 0 Å². The summed E-state index contributed by atoms with van der Waals surface area (Å²) < 4.78 is 5.41. The summed E-state index contributed by atoms with van der Waals surface area (Å²) in [6.07, 6.45) is 3.12. The fourth-order valence-electron chi connectivity index (χ4n) is 3.97. The Morgan fingerprint density at radius 1 is 1.16 bits per heavy atom. The van der Waals surface area contributed by atoms with E-state index in [1.807, 2.05) is 17.9 Å². The lowest BCUT2D eigenvalue weighted by atomic mass is 9.99. The van der Waals surface area contributed by atoms with Gasteiger partial charge in [-0.15, -0.1) is 0 Å². The van der Waals surface area contributed by atoms with E-state index in [4.69, 9.17) is 4.74 Å². The van der Waals surface area contributed by atoms with Gasteiger partial charge in [0, 0.05) is 39.1 Å². The van der Waals surface area contributed by atoms with Gasteiger partial charge >= 0.3 is 0 Å². The first-order chi connectivity index (χ1) is 15.6. The summed E-state index contributed by atoms with van der Waals surface area (Å²) in [7, 11) is 1.70. The van der Waals surface area contributed by atoms with Crippen molar-refractivity contribution in [3.63, 3.8) is 0 Å².